The molecule has 0 atom stereocenters. The number of benzene rings is 2. The minimum absolute atomic E-state index is 0.00336. The van der Waals surface area contributed by atoms with Crippen LogP contribution in [-0.4, -0.2) is 40.7 Å². The van der Waals surface area contributed by atoms with Gasteiger partial charge in [0.15, 0.2) is 29.0 Å². The van der Waals surface area contributed by atoms with Gasteiger partial charge in [-0.3, -0.25) is 19.3 Å². The number of nitrogens with zero attached hydrogens (tertiary/aromatic N) is 1. The number of phenolic OH excluding ortho intramolecular Hbond substituents is 1. The zero-order chi connectivity index (χ0) is 22.0. The molecular formula is C19H13F3N2O5S. The number of hydrogen-bond donors (Lipinski definition) is 2. The van der Waals surface area contributed by atoms with E-state index in [9.17, 15) is 32.7 Å². The number of anilines is 1. The molecule has 0 unspecified atom stereocenters. The van der Waals surface area contributed by atoms with Crippen molar-refractivity contribution in [3.8, 4) is 11.5 Å². The quantitative estimate of drug-likeness (QED) is 0.548. The van der Waals surface area contributed by atoms with Crippen LogP contribution >= 0.6 is 11.8 Å². The zero-order valence-electron chi connectivity index (χ0n) is 15.2. The highest BCUT2D eigenvalue weighted by Gasteiger charge is 2.36. The lowest BCUT2D eigenvalue weighted by Crippen LogP contribution is -2.36. The normalized spacial score (nSPS) is 15.1. The second kappa shape index (κ2) is 8.49. The number of carbonyl (C=O) groups excluding carboxylic acids is 3. The molecule has 2 N–H and O–H groups in total. The molecule has 1 saturated heterocycles. The molecule has 1 aliphatic heterocycles. The molecule has 0 aliphatic carbocycles. The summed E-state index contributed by atoms with van der Waals surface area (Å²) in [5.74, 6) is -6.49. The van der Waals surface area contributed by atoms with Crippen LogP contribution in [0.1, 0.15) is 5.56 Å². The number of methoxy groups -OCH3 is 1. The molecule has 0 radical (unpaired) electrons. The second-order valence-electron chi connectivity index (χ2n) is 5.97. The number of aromatic hydroxyl groups is 1. The van der Waals surface area contributed by atoms with Gasteiger partial charge in [0.05, 0.1) is 17.7 Å². The maximum atomic E-state index is 13.7. The molecule has 156 valence electrons. The molecule has 0 spiro atoms. The van der Waals surface area contributed by atoms with E-state index in [1.165, 1.54) is 25.3 Å². The van der Waals surface area contributed by atoms with Gasteiger partial charge in [0.2, 0.25) is 5.91 Å². The number of nitrogens with one attached hydrogen (secondary N) is 1. The summed E-state index contributed by atoms with van der Waals surface area (Å²) in [6.45, 7) is -0.756. The van der Waals surface area contributed by atoms with Crippen molar-refractivity contribution in [2.24, 2.45) is 0 Å². The Balaban J connectivity index is 1.73. The van der Waals surface area contributed by atoms with E-state index in [0.29, 0.717) is 28.3 Å². The maximum Gasteiger partial charge on any atom is 0.294 e. The highest BCUT2D eigenvalue weighted by Crippen LogP contribution is 2.34. The number of thioether (sulfide) groups is 1. The summed E-state index contributed by atoms with van der Waals surface area (Å²) in [6, 6.07) is 5.78. The van der Waals surface area contributed by atoms with E-state index < -0.39 is 46.7 Å². The van der Waals surface area contributed by atoms with Gasteiger partial charge in [0.25, 0.3) is 11.1 Å². The van der Waals surface area contributed by atoms with Gasteiger partial charge in [-0.15, -0.1) is 0 Å². The van der Waals surface area contributed by atoms with Crippen LogP contribution in [0, 0.1) is 17.5 Å². The van der Waals surface area contributed by atoms with Crippen molar-refractivity contribution in [1.29, 1.82) is 0 Å². The number of phenols is 1. The third kappa shape index (κ3) is 4.25. The third-order valence-corrected chi connectivity index (χ3v) is 4.89. The second-order valence-corrected chi connectivity index (χ2v) is 6.96. The number of ether oxygens (including phenoxy) is 1. The monoisotopic (exact) mass is 438 g/mol. The Kier molecular flexibility index (Phi) is 6.01. The summed E-state index contributed by atoms with van der Waals surface area (Å²) in [7, 11) is 1.37. The summed E-state index contributed by atoms with van der Waals surface area (Å²) in [5, 5.41) is 11.0. The van der Waals surface area contributed by atoms with Crippen LogP contribution in [0.25, 0.3) is 6.08 Å². The Morgan fingerprint density at radius 3 is 2.60 bits per heavy atom. The molecule has 30 heavy (non-hydrogen) atoms. The van der Waals surface area contributed by atoms with Gasteiger partial charge in [-0.05, 0) is 47.7 Å². The number of amides is 3. The van der Waals surface area contributed by atoms with Gasteiger partial charge in [-0.2, -0.15) is 0 Å². The lowest BCUT2D eigenvalue weighted by Gasteiger charge is -2.13. The summed E-state index contributed by atoms with van der Waals surface area (Å²) in [4.78, 5) is 37.2. The van der Waals surface area contributed by atoms with Crippen LogP contribution in [0.5, 0.6) is 11.5 Å². The third-order valence-electron chi connectivity index (χ3n) is 3.99. The maximum absolute atomic E-state index is 13.7. The minimum atomic E-state index is -1.76. The summed E-state index contributed by atoms with van der Waals surface area (Å²) >= 11 is 0.570. The molecule has 2 aromatic rings. The summed E-state index contributed by atoms with van der Waals surface area (Å²) in [5.41, 5.74) is -0.220. The van der Waals surface area contributed by atoms with Crippen molar-refractivity contribution < 1.29 is 37.4 Å². The van der Waals surface area contributed by atoms with Crippen LogP contribution in [0.4, 0.5) is 23.7 Å². The summed E-state index contributed by atoms with van der Waals surface area (Å²) in [6.07, 6.45) is 1.34. The number of hydrogen-bond acceptors (Lipinski definition) is 6. The first-order chi connectivity index (χ1) is 14.2. The van der Waals surface area contributed by atoms with E-state index >= 15 is 0 Å². The fraction of sp³-hybridized carbons (Fsp3) is 0.105. The Labute approximate surface area is 172 Å². The van der Waals surface area contributed by atoms with E-state index in [1.807, 2.05) is 5.32 Å². The largest absolute Gasteiger partial charge is 0.504 e. The Hall–Kier alpha value is -3.47. The van der Waals surface area contributed by atoms with Crippen molar-refractivity contribution in [3.05, 3.63) is 58.3 Å². The molecule has 3 amide bonds. The van der Waals surface area contributed by atoms with Crippen LogP contribution in [-0.2, 0) is 9.59 Å². The smallest absolute Gasteiger partial charge is 0.294 e. The average molecular weight is 438 g/mol. The molecule has 1 heterocycles. The lowest BCUT2D eigenvalue weighted by atomic mass is 10.2. The van der Waals surface area contributed by atoms with Gasteiger partial charge in [0, 0.05) is 0 Å². The fourth-order valence-corrected chi connectivity index (χ4v) is 3.38. The Morgan fingerprint density at radius 1 is 1.20 bits per heavy atom. The highest BCUT2D eigenvalue weighted by molar-refractivity contribution is 8.18. The van der Waals surface area contributed by atoms with Crippen LogP contribution in [0.2, 0.25) is 0 Å². The van der Waals surface area contributed by atoms with E-state index in [2.05, 4.69) is 0 Å². The molecule has 7 nitrogen and oxygen atoms in total. The predicted molar refractivity (Wildman–Crippen MR) is 102 cm³/mol. The van der Waals surface area contributed by atoms with Crippen LogP contribution in [0.3, 0.4) is 0 Å². The molecule has 0 saturated carbocycles. The topological polar surface area (TPSA) is 95.9 Å². The molecule has 0 bridgehead atoms. The standard InChI is InChI=1S/C19H13F3N2O5S/c1-29-13-5-2-9(6-12(13)25)7-14-18(27)24(19(28)30-14)8-15(26)23-11-4-3-10(20)16(21)17(11)22/h2-7,25H,8H2,1H3,(H,23,26)/b14-7+. The van der Waals surface area contributed by atoms with Gasteiger partial charge in [0.1, 0.15) is 6.54 Å². The number of rotatable bonds is 5. The lowest BCUT2D eigenvalue weighted by molar-refractivity contribution is -0.127. The number of imide groups is 1. The van der Waals surface area contributed by atoms with Crippen molar-refractivity contribution in [1.82, 2.24) is 4.90 Å². The van der Waals surface area contributed by atoms with Crippen molar-refractivity contribution in [3.63, 3.8) is 0 Å². The predicted octanol–water partition coefficient (Wildman–Crippen LogP) is 3.49. The van der Waals surface area contributed by atoms with E-state index in [0.717, 1.165) is 6.07 Å². The van der Waals surface area contributed by atoms with Gasteiger partial charge in [-0.1, -0.05) is 6.07 Å². The fourth-order valence-electron chi connectivity index (χ4n) is 2.54. The van der Waals surface area contributed by atoms with Gasteiger partial charge < -0.3 is 15.2 Å². The minimum Gasteiger partial charge on any atom is -0.504 e. The van der Waals surface area contributed by atoms with E-state index in [1.54, 1.807) is 6.07 Å². The van der Waals surface area contributed by atoms with Crippen LogP contribution in [0.15, 0.2) is 35.2 Å². The molecule has 2 aromatic carbocycles. The van der Waals surface area contributed by atoms with Crippen LogP contribution < -0.4 is 10.1 Å². The highest BCUT2D eigenvalue weighted by atomic mass is 32.2. The Bertz CT molecular complexity index is 1090. The molecular weight excluding hydrogens is 425 g/mol. The Morgan fingerprint density at radius 2 is 1.93 bits per heavy atom. The average Bonchev–Trinajstić information content (AvgIpc) is 2.96. The van der Waals surface area contributed by atoms with Gasteiger partial charge in [-0.25, -0.2) is 13.2 Å². The SMILES string of the molecule is COc1ccc(/C=C2/SC(=O)N(CC(=O)Nc3ccc(F)c(F)c3F)C2=O)cc1O. The van der Waals surface area contributed by atoms with Crippen molar-refractivity contribution in [2.45, 2.75) is 0 Å². The first kappa shape index (κ1) is 21.2. The molecule has 3 rings (SSSR count). The summed E-state index contributed by atoms with van der Waals surface area (Å²) < 4.78 is 44.8. The zero-order valence-corrected chi connectivity index (χ0v) is 16.1. The molecule has 0 aromatic heterocycles. The van der Waals surface area contributed by atoms with E-state index in [4.69, 9.17) is 4.74 Å². The number of halogens is 3. The first-order valence-corrected chi connectivity index (χ1v) is 9.08. The van der Waals surface area contributed by atoms with Gasteiger partial charge >= 0.3 is 0 Å². The number of carbonyl (C=O) groups is 3. The first-order valence-electron chi connectivity index (χ1n) is 8.27. The molecule has 1 fully saturated rings. The van der Waals surface area contributed by atoms with E-state index in [-0.39, 0.29) is 16.4 Å². The van der Waals surface area contributed by atoms with Crippen molar-refractivity contribution in [2.75, 3.05) is 19.0 Å². The van der Waals surface area contributed by atoms with Crippen molar-refractivity contribution >= 4 is 40.6 Å². The molecule has 11 heteroatoms. The molecule has 1 aliphatic rings.